The van der Waals surface area contributed by atoms with Crippen molar-refractivity contribution in [2.45, 2.75) is 33.1 Å². The first-order valence-electron chi connectivity index (χ1n) is 6.29. The standard InChI is InChI=1S/C14H22N2O/c1-3-4-5-9-15-11-14(17)16-13-8-6-7-12(2)10-13/h6-8,10,15H,3-5,9,11H2,1-2H3,(H,16,17). The lowest BCUT2D eigenvalue weighted by molar-refractivity contribution is -0.115. The normalized spacial score (nSPS) is 10.2. The Morgan fingerprint density at radius 3 is 2.82 bits per heavy atom. The molecule has 0 heterocycles. The fraction of sp³-hybridized carbons (Fsp3) is 0.500. The molecule has 0 aliphatic rings. The molecule has 1 amide bonds. The van der Waals surface area contributed by atoms with Crippen molar-refractivity contribution in [3.8, 4) is 0 Å². The summed E-state index contributed by atoms with van der Waals surface area (Å²) in [5.74, 6) is 0.0205. The molecule has 17 heavy (non-hydrogen) atoms. The van der Waals surface area contributed by atoms with E-state index in [-0.39, 0.29) is 5.91 Å². The first-order valence-corrected chi connectivity index (χ1v) is 6.29. The lowest BCUT2D eigenvalue weighted by atomic mass is 10.2. The van der Waals surface area contributed by atoms with Gasteiger partial charge in [0.25, 0.3) is 0 Å². The maximum absolute atomic E-state index is 11.6. The predicted molar refractivity (Wildman–Crippen MR) is 72.2 cm³/mol. The molecule has 1 aromatic carbocycles. The lowest BCUT2D eigenvalue weighted by Crippen LogP contribution is -2.28. The highest BCUT2D eigenvalue weighted by molar-refractivity contribution is 5.92. The summed E-state index contributed by atoms with van der Waals surface area (Å²) in [6, 6.07) is 7.83. The number of amides is 1. The molecule has 0 saturated carbocycles. The largest absolute Gasteiger partial charge is 0.325 e. The van der Waals surface area contributed by atoms with Crippen LogP contribution in [0, 0.1) is 6.92 Å². The number of nitrogens with one attached hydrogen (secondary N) is 2. The zero-order valence-corrected chi connectivity index (χ0v) is 10.8. The van der Waals surface area contributed by atoms with Gasteiger partial charge >= 0.3 is 0 Å². The van der Waals surface area contributed by atoms with E-state index in [9.17, 15) is 4.79 Å². The van der Waals surface area contributed by atoms with Gasteiger partial charge in [0.1, 0.15) is 0 Å². The van der Waals surface area contributed by atoms with E-state index in [4.69, 9.17) is 0 Å². The third-order valence-electron chi connectivity index (χ3n) is 2.54. The quantitative estimate of drug-likeness (QED) is 0.712. The smallest absolute Gasteiger partial charge is 0.238 e. The average Bonchev–Trinajstić information content (AvgIpc) is 2.29. The third kappa shape index (κ3) is 6.07. The SMILES string of the molecule is CCCCCNCC(=O)Nc1cccc(C)c1. The Morgan fingerprint density at radius 2 is 2.12 bits per heavy atom. The van der Waals surface area contributed by atoms with Crippen LogP contribution < -0.4 is 10.6 Å². The number of aryl methyl sites for hydroxylation is 1. The van der Waals surface area contributed by atoms with Gasteiger partial charge in [-0.15, -0.1) is 0 Å². The van der Waals surface area contributed by atoms with Crippen LogP contribution in [0.15, 0.2) is 24.3 Å². The van der Waals surface area contributed by atoms with Gasteiger partial charge in [0, 0.05) is 5.69 Å². The van der Waals surface area contributed by atoms with E-state index in [0.29, 0.717) is 6.54 Å². The molecule has 2 N–H and O–H groups in total. The van der Waals surface area contributed by atoms with Crippen LogP contribution in [0.25, 0.3) is 0 Å². The second kappa shape index (κ2) is 7.85. The Morgan fingerprint density at radius 1 is 1.29 bits per heavy atom. The molecular formula is C14H22N2O. The van der Waals surface area contributed by atoms with E-state index in [1.54, 1.807) is 0 Å². The minimum Gasteiger partial charge on any atom is -0.325 e. The van der Waals surface area contributed by atoms with Crippen LogP contribution in [0.4, 0.5) is 5.69 Å². The van der Waals surface area contributed by atoms with Gasteiger partial charge in [-0.25, -0.2) is 0 Å². The first-order chi connectivity index (χ1) is 8.22. The number of unbranched alkanes of at least 4 members (excludes halogenated alkanes) is 2. The van der Waals surface area contributed by atoms with E-state index >= 15 is 0 Å². The summed E-state index contributed by atoms with van der Waals surface area (Å²) in [4.78, 5) is 11.6. The van der Waals surface area contributed by atoms with E-state index in [0.717, 1.165) is 24.2 Å². The van der Waals surface area contributed by atoms with Gasteiger partial charge in [-0.1, -0.05) is 31.9 Å². The topological polar surface area (TPSA) is 41.1 Å². The minimum atomic E-state index is 0.0205. The van der Waals surface area contributed by atoms with Crippen LogP contribution in [-0.2, 0) is 4.79 Å². The second-order valence-electron chi connectivity index (χ2n) is 4.30. The van der Waals surface area contributed by atoms with Crippen molar-refractivity contribution in [3.63, 3.8) is 0 Å². The van der Waals surface area contributed by atoms with E-state index < -0.39 is 0 Å². The van der Waals surface area contributed by atoms with E-state index in [1.807, 2.05) is 31.2 Å². The van der Waals surface area contributed by atoms with E-state index in [1.165, 1.54) is 12.8 Å². The van der Waals surface area contributed by atoms with E-state index in [2.05, 4.69) is 17.6 Å². The lowest BCUT2D eigenvalue weighted by Gasteiger charge is -2.07. The van der Waals surface area contributed by atoms with Crippen molar-refractivity contribution in [2.75, 3.05) is 18.4 Å². The molecule has 94 valence electrons. The Bertz CT molecular complexity index is 350. The molecule has 1 rings (SSSR count). The molecule has 0 aliphatic carbocycles. The fourth-order valence-corrected chi connectivity index (χ4v) is 1.63. The average molecular weight is 234 g/mol. The molecule has 0 bridgehead atoms. The van der Waals surface area contributed by atoms with Crippen molar-refractivity contribution >= 4 is 11.6 Å². The maximum atomic E-state index is 11.6. The molecule has 0 fully saturated rings. The molecule has 0 atom stereocenters. The maximum Gasteiger partial charge on any atom is 0.238 e. The number of carbonyl (C=O) groups is 1. The van der Waals surface area contributed by atoms with Crippen molar-refractivity contribution in [1.82, 2.24) is 5.32 Å². The highest BCUT2D eigenvalue weighted by Gasteiger charge is 2.01. The fourth-order valence-electron chi connectivity index (χ4n) is 1.63. The highest BCUT2D eigenvalue weighted by atomic mass is 16.1. The summed E-state index contributed by atoms with van der Waals surface area (Å²) in [5, 5.41) is 6.01. The van der Waals surface area contributed by atoms with Crippen molar-refractivity contribution < 1.29 is 4.79 Å². The summed E-state index contributed by atoms with van der Waals surface area (Å²) in [7, 11) is 0. The third-order valence-corrected chi connectivity index (χ3v) is 2.54. The van der Waals surface area contributed by atoms with Gasteiger partial charge in [0.15, 0.2) is 0 Å². The Balaban J connectivity index is 2.21. The summed E-state index contributed by atoms with van der Waals surface area (Å²) < 4.78 is 0. The van der Waals surface area contributed by atoms with Gasteiger partial charge < -0.3 is 10.6 Å². The first kappa shape index (κ1) is 13.7. The number of rotatable bonds is 7. The molecule has 0 radical (unpaired) electrons. The van der Waals surface area contributed by atoms with Crippen LogP contribution in [0.3, 0.4) is 0 Å². The Kier molecular flexibility index (Phi) is 6.33. The second-order valence-corrected chi connectivity index (χ2v) is 4.30. The van der Waals surface area contributed by atoms with Crippen LogP contribution in [0.1, 0.15) is 31.7 Å². The minimum absolute atomic E-state index is 0.0205. The van der Waals surface area contributed by atoms with Crippen molar-refractivity contribution in [3.05, 3.63) is 29.8 Å². The molecule has 3 nitrogen and oxygen atoms in total. The molecule has 0 aliphatic heterocycles. The van der Waals surface area contributed by atoms with Crippen molar-refractivity contribution in [2.24, 2.45) is 0 Å². The van der Waals surface area contributed by atoms with Gasteiger partial charge in [-0.3, -0.25) is 4.79 Å². The van der Waals surface area contributed by atoms with Gasteiger partial charge in [-0.05, 0) is 37.6 Å². The van der Waals surface area contributed by atoms with Crippen molar-refractivity contribution in [1.29, 1.82) is 0 Å². The number of anilines is 1. The zero-order chi connectivity index (χ0) is 12.5. The summed E-state index contributed by atoms with van der Waals surface area (Å²) in [6.45, 7) is 5.48. The molecule has 0 unspecified atom stereocenters. The number of hydrogen-bond acceptors (Lipinski definition) is 2. The molecule has 1 aromatic rings. The van der Waals surface area contributed by atoms with Crippen LogP contribution in [0.2, 0.25) is 0 Å². The molecule has 0 aromatic heterocycles. The molecular weight excluding hydrogens is 212 g/mol. The molecule has 3 heteroatoms. The number of carbonyl (C=O) groups excluding carboxylic acids is 1. The molecule has 0 spiro atoms. The van der Waals surface area contributed by atoms with Crippen LogP contribution in [0.5, 0.6) is 0 Å². The number of benzene rings is 1. The van der Waals surface area contributed by atoms with Crippen LogP contribution in [-0.4, -0.2) is 19.0 Å². The molecule has 0 saturated heterocycles. The van der Waals surface area contributed by atoms with Gasteiger partial charge in [0.2, 0.25) is 5.91 Å². The highest BCUT2D eigenvalue weighted by Crippen LogP contribution is 2.08. The van der Waals surface area contributed by atoms with Gasteiger partial charge in [-0.2, -0.15) is 0 Å². The zero-order valence-electron chi connectivity index (χ0n) is 10.8. The Hall–Kier alpha value is -1.35. The number of hydrogen-bond donors (Lipinski definition) is 2. The summed E-state index contributed by atoms with van der Waals surface area (Å²) >= 11 is 0. The predicted octanol–water partition coefficient (Wildman–Crippen LogP) is 2.71. The van der Waals surface area contributed by atoms with Gasteiger partial charge in [0.05, 0.1) is 6.54 Å². The monoisotopic (exact) mass is 234 g/mol. The Labute approximate surface area is 104 Å². The summed E-state index contributed by atoms with van der Waals surface area (Å²) in [6.07, 6.45) is 3.55. The summed E-state index contributed by atoms with van der Waals surface area (Å²) in [5.41, 5.74) is 2.02. The van der Waals surface area contributed by atoms with Crippen LogP contribution >= 0.6 is 0 Å².